The predicted octanol–water partition coefficient (Wildman–Crippen LogP) is 5.35. The number of carboxylic acids is 1. The molecule has 4 heteroatoms. The Balaban J connectivity index is 2.08. The van der Waals surface area contributed by atoms with Crippen LogP contribution in [0.2, 0.25) is 0 Å². The number of nitrogens with zero attached hydrogens (tertiary/aromatic N) is 1. The molecule has 0 aliphatic carbocycles. The molecule has 0 saturated carbocycles. The Bertz CT molecular complexity index is 908. The van der Waals surface area contributed by atoms with Gasteiger partial charge in [-0.1, -0.05) is 72.8 Å². The standard InChI is InChI=1S/C24H23NO3/c1-17(19-11-5-3-6-12-19)25(18(2)20-13-7-4-8-14-20)23(26)21-15-9-10-16-22(21)24(27)28/h3-18H,1-2H3,(H,27,28). The molecule has 2 atom stereocenters. The monoisotopic (exact) mass is 373 g/mol. The number of hydrogen-bond donors (Lipinski definition) is 1. The third-order valence-electron chi connectivity index (χ3n) is 5.02. The Morgan fingerprint density at radius 1 is 0.679 bits per heavy atom. The zero-order valence-corrected chi connectivity index (χ0v) is 15.9. The van der Waals surface area contributed by atoms with Crippen molar-refractivity contribution in [2.24, 2.45) is 0 Å². The van der Waals surface area contributed by atoms with Crippen molar-refractivity contribution in [1.82, 2.24) is 4.90 Å². The van der Waals surface area contributed by atoms with E-state index in [2.05, 4.69) is 0 Å². The lowest BCUT2D eigenvalue weighted by atomic mass is 9.98. The maximum atomic E-state index is 13.6. The molecule has 3 aromatic carbocycles. The van der Waals surface area contributed by atoms with Gasteiger partial charge in [-0.15, -0.1) is 0 Å². The fourth-order valence-corrected chi connectivity index (χ4v) is 3.47. The van der Waals surface area contributed by atoms with Crippen LogP contribution in [0.25, 0.3) is 0 Å². The minimum Gasteiger partial charge on any atom is -0.478 e. The van der Waals surface area contributed by atoms with E-state index in [-0.39, 0.29) is 29.1 Å². The number of aromatic carboxylic acids is 1. The summed E-state index contributed by atoms with van der Waals surface area (Å²) in [5.41, 5.74) is 2.19. The van der Waals surface area contributed by atoms with E-state index in [0.717, 1.165) is 11.1 Å². The van der Waals surface area contributed by atoms with Crippen LogP contribution in [-0.4, -0.2) is 21.9 Å². The van der Waals surface area contributed by atoms with Gasteiger partial charge in [-0.25, -0.2) is 4.79 Å². The molecule has 3 aromatic rings. The molecule has 0 aliphatic rings. The van der Waals surface area contributed by atoms with E-state index in [1.54, 1.807) is 23.1 Å². The SMILES string of the molecule is CC(c1ccccc1)N(C(=O)c1ccccc1C(=O)O)C(C)c1ccccc1. The zero-order chi connectivity index (χ0) is 20.1. The molecule has 28 heavy (non-hydrogen) atoms. The lowest BCUT2D eigenvalue weighted by Crippen LogP contribution is -2.36. The molecule has 4 nitrogen and oxygen atoms in total. The van der Waals surface area contributed by atoms with Gasteiger partial charge in [0, 0.05) is 0 Å². The van der Waals surface area contributed by atoms with Gasteiger partial charge in [-0.2, -0.15) is 0 Å². The molecule has 0 heterocycles. The van der Waals surface area contributed by atoms with E-state index in [4.69, 9.17) is 0 Å². The molecule has 2 unspecified atom stereocenters. The number of carbonyl (C=O) groups is 2. The van der Waals surface area contributed by atoms with Gasteiger partial charge in [0.05, 0.1) is 23.2 Å². The van der Waals surface area contributed by atoms with Crippen molar-refractivity contribution in [2.45, 2.75) is 25.9 Å². The molecule has 0 aromatic heterocycles. The van der Waals surface area contributed by atoms with Crippen molar-refractivity contribution in [1.29, 1.82) is 0 Å². The Hall–Kier alpha value is -3.40. The predicted molar refractivity (Wildman–Crippen MR) is 109 cm³/mol. The van der Waals surface area contributed by atoms with Crippen molar-refractivity contribution >= 4 is 11.9 Å². The third kappa shape index (κ3) is 3.96. The van der Waals surface area contributed by atoms with Crippen molar-refractivity contribution in [3.05, 3.63) is 107 Å². The van der Waals surface area contributed by atoms with Crippen LogP contribution in [0, 0.1) is 0 Å². The van der Waals surface area contributed by atoms with E-state index in [0.29, 0.717) is 0 Å². The highest BCUT2D eigenvalue weighted by molar-refractivity contribution is 6.05. The summed E-state index contributed by atoms with van der Waals surface area (Å²) in [4.78, 5) is 27.0. The third-order valence-corrected chi connectivity index (χ3v) is 5.02. The second-order valence-corrected chi connectivity index (χ2v) is 6.74. The average molecular weight is 373 g/mol. The molecular weight excluding hydrogens is 350 g/mol. The minimum atomic E-state index is -1.11. The molecule has 142 valence electrons. The van der Waals surface area contributed by atoms with Gasteiger partial charge in [0.2, 0.25) is 0 Å². The second-order valence-electron chi connectivity index (χ2n) is 6.74. The summed E-state index contributed by atoms with van der Waals surface area (Å²) >= 11 is 0. The largest absolute Gasteiger partial charge is 0.478 e. The quantitative estimate of drug-likeness (QED) is 0.634. The van der Waals surface area contributed by atoms with Crippen LogP contribution in [0.3, 0.4) is 0 Å². The average Bonchev–Trinajstić information content (AvgIpc) is 2.74. The Morgan fingerprint density at radius 3 is 1.50 bits per heavy atom. The summed E-state index contributed by atoms with van der Waals surface area (Å²) in [5.74, 6) is -1.41. The Kier molecular flexibility index (Phi) is 5.90. The maximum absolute atomic E-state index is 13.6. The molecule has 1 N–H and O–H groups in total. The number of benzene rings is 3. The fourth-order valence-electron chi connectivity index (χ4n) is 3.47. The molecule has 0 aliphatic heterocycles. The van der Waals surface area contributed by atoms with E-state index in [1.807, 2.05) is 74.5 Å². The van der Waals surface area contributed by atoms with Gasteiger partial charge < -0.3 is 10.0 Å². The summed E-state index contributed by atoms with van der Waals surface area (Å²) in [6.45, 7) is 3.94. The smallest absolute Gasteiger partial charge is 0.336 e. The van der Waals surface area contributed by atoms with Crippen LogP contribution in [0.4, 0.5) is 0 Å². The molecular formula is C24H23NO3. The van der Waals surface area contributed by atoms with Crippen LogP contribution < -0.4 is 0 Å². The number of amides is 1. The first-order valence-corrected chi connectivity index (χ1v) is 9.25. The normalized spacial score (nSPS) is 12.8. The summed E-state index contributed by atoms with van der Waals surface area (Å²) < 4.78 is 0. The fraction of sp³-hybridized carbons (Fsp3) is 0.167. The van der Waals surface area contributed by atoms with Crippen molar-refractivity contribution in [3.8, 4) is 0 Å². The summed E-state index contributed by atoms with van der Waals surface area (Å²) in [5, 5.41) is 9.54. The molecule has 0 saturated heterocycles. The van der Waals surface area contributed by atoms with Gasteiger partial charge in [-0.3, -0.25) is 4.79 Å². The number of carboxylic acid groups (broad SMARTS) is 1. The van der Waals surface area contributed by atoms with Gasteiger partial charge in [0.15, 0.2) is 0 Å². The van der Waals surface area contributed by atoms with Crippen molar-refractivity contribution in [3.63, 3.8) is 0 Å². The molecule has 0 bridgehead atoms. The first-order valence-electron chi connectivity index (χ1n) is 9.25. The van der Waals surface area contributed by atoms with E-state index in [1.165, 1.54) is 6.07 Å². The summed E-state index contributed by atoms with van der Waals surface area (Å²) in [6, 6.07) is 25.4. The molecule has 0 radical (unpaired) electrons. The number of rotatable bonds is 6. The highest BCUT2D eigenvalue weighted by Crippen LogP contribution is 2.32. The van der Waals surface area contributed by atoms with Crippen molar-refractivity contribution in [2.75, 3.05) is 0 Å². The van der Waals surface area contributed by atoms with Crippen LogP contribution >= 0.6 is 0 Å². The van der Waals surface area contributed by atoms with Crippen LogP contribution in [0.1, 0.15) is 57.8 Å². The van der Waals surface area contributed by atoms with Gasteiger partial charge in [0.25, 0.3) is 5.91 Å². The van der Waals surface area contributed by atoms with Gasteiger partial charge >= 0.3 is 5.97 Å². The first kappa shape index (κ1) is 19.4. The highest BCUT2D eigenvalue weighted by Gasteiger charge is 2.30. The Labute approximate surface area is 165 Å². The van der Waals surface area contributed by atoms with Gasteiger partial charge in [0.1, 0.15) is 0 Å². The molecule has 0 spiro atoms. The molecule has 3 rings (SSSR count). The lowest BCUT2D eigenvalue weighted by Gasteiger charge is -2.36. The maximum Gasteiger partial charge on any atom is 0.336 e. The summed E-state index contributed by atoms with van der Waals surface area (Å²) in [7, 11) is 0. The highest BCUT2D eigenvalue weighted by atomic mass is 16.4. The van der Waals surface area contributed by atoms with Crippen LogP contribution in [0.5, 0.6) is 0 Å². The van der Waals surface area contributed by atoms with E-state index >= 15 is 0 Å². The zero-order valence-electron chi connectivity index (χ0n) is 15.9. The van der Waals surface area contributed by atoms with Crippen LogP contribution in [-0.2, 0) is 0 Å². The van der Waals surface area contributed by atoms with E-state index in [9.17, 15) is 14.7 Å². The molecule has 1 amide bonds. The topological polar surface area (TPSA) is 57.6 Å². The molecule has 0 fully saturated rings. The second kappa shape index (κ2) is 8.53. The minimum absolute atomic E-state index is 0.0121. The number of hydrogen-bond acceptors (Lipinski definition) is 2. The van der Waals surface area contributed by atoms with E-state index < -0.39 is 5.97 Å². The lowest BCUT2D eigenvalue weighted by molar-refractivity contribution is 0.0587. The Morgan fingerprint density at radius 2 is 1.07 bits per heavy atom. The number of carbonyl (C=O) groups excluding carboxylic acids is 1. The van der Waals surface area contributed by atoms with Crippen LogP contribution in [0.15, 0.2) is 84.9 Å². The summed E-state index contributed by atoms with van der Waals surface area (Å²) in [6.07, 6.45) is 0. The van der Waals surface area contributed by atoms with Crippen molar-refractivity contribution < 1.29 is 14.7 Å². The van der Waals surface area contributed by atoms with Gasteiger partial charge in [-0.05, 0) is 37.1 Å². The first-order chi connectivity index (χ1) is 13.5.